The van der Waals surface area contributed by atoms with Crippen LogP contribution in [-0.4, -0.2) is 32.9 Å². The van der Waals surface area contributed by atoms with E-state index in [9.17, 15) is 4.79 Å². The van der Waals surface area contributed by atoms with Gasteiger partial charge in [0.25, 0.3) is 0 Å². The Balaban J connectivity index is 2.17. The highest BCUT2D eigenvalue weighted by Gasteiger charge is 2.29. The Morgan fingerprint density at radius 1 is 1.40 bits per heavy atom. The van der Waals surface area contributed by atoms with Gasteiger partial charge in [0, 0.05) is 30.3 Å². The molecule has 1 aliphatic rings. The Morgan fingerprint density at radius 2 is 2.05 bits per heavy atom. The van der Waals surface area contributed by atoms with Gasteiger partial charge in [-0.05, 0) is 34.6 Å². The van der Waals surface area contributed by atoms with Crippen molar-refractivity contribution in [2.75, 3.05) is 12.3 Å². The Bertz CT molecular complexity index is 514. The van der Waals surface area contributed by atoms with E-state index in [0.29, 0.717) is 18.9 Å². The molecule has 6 heteroatoms. The van der Waals surface area contributed by atoms with Crippen LogP contribution in [0.15, 0.2) is 0 Å². The molecule has 0 aliphatic carbocycles. The standard InChI is InChI=1S/C14H24N4O2/c1-9(2)18-11-6-7-17(8-10(11)12(15)16-18)13(19)20-14(3,4)5/h9H,6-8H2,1-5H3,(H2,15,16). The van der Waals surface area contributed by atoms with Gasteiger partial charge in [-0.2, -0.15) is 5.10 Å². The monoisotopic (exact) mass is 280 g/mol. The predicted molar refractivity (Wildman–Crippen MR) is 77.4 cm³/mol. The van der Waals surface area contributed by atoms with E-state index < -0.39 is 5.60 Å². The molecule has 1 amide bonds. The average Bonchev–Trinajstić information content (AvgIpc) is 2.64. The Labute approximate surface area is 119 Å². The van der Waals surface area contributed by atoms with Gasteiger partial charge in [0.15, 0.2) is 5.82 Å². The van der Waals surface area contributed by atoms with Crippen LogP contribution in [0.5, 0.6) is 0 Å². The van der Waals surface area contributed by atoms with Crippen LogP contribution in [-0.2, 0) is 17.7 Å². The summed E-state index contributed by atoms with van der Waals surface area (Å²) in [5.74, 6) is 0.516. The van der Waals surface area contributed by atoms with Crippen LogP contribution in [0.2, 0.25) is 0 Å². The van der Waals surface area contributed by atoms with E-state index in [1.54, 1.807) is 4.90 Å². The molecule has 1 aromatic rings. The molecular formula is C14H24N4O2. The molecule has 6 nitrogen and oxygen atoms in total. The van der Waals surface area contributed by atoms with Crippen molar-refractivity contribution in [3.8, 4) is 0 Å². The first-order valence-electron chi connectivity index (χ1n) is 7.02. The van der Waals surface area contributed by atoms with Crippen molar-refractivity contribution in [2.24, 2.45) is 0 Å². The van der Waals surface area contributed by atoms with Crippen molar-refractivity contribution >= 4 is 11.9 Å². The van der Waals surface area contributed by atoms with E-state index in [0.717, 1.165) is 17.7 Å². The Kier molecular flexibility index (Phi) is 3.67. The molecular weight excluding hydrogens is 256 g/mol. The Hall–Kier alpha value is -1.72. The summed E-state index contributed by atoms with van der Waals surface area (Å²) in [4.78, 5) is 13.8. The predicted octanol–water partition coefficient (Wildman–Crippen LogP) is 2.34. The molecule has 0 unspecified atom stereocenters. The van der Waals surface area contributed by atoms with Crippen molar-refractivity contribution in [1.29, 1.82) is 0 Å². The fraction of sp³-hybridized carbons (Fsp3) is 0.714. The average molecular weight is 280 g/mol. The van der Waals surface area contributed by atoms with E-state index in [1.165, 1.54) is 0 Å². The van der Waals surface area contributed by atoms with Gasteiger partial charge >= 0.3 is 6.09 Å². The highest BCUT2D eigenvalue weighted by molar-refractivity contribution is 5.69. The number of carbonyl (C=O) groups excluding carboxylic acids is 1. The first-order valence-corrected chi connectivity index (χ1v) is 7.02. The molecule has 112 valence electrons. The summed E-state index contributed by atoms with van der Waals surface area (Å²) in [5, 5.41) is 4.38. The summed E-state index contributed by atoms with van der Waals surface area (Å²) >= 11 is 0. The Morgan fingerprint density at radius 3 is 2.60 bits per heavy atom. The number of fused-ring (bicyclic) bond motifs is 1. The number of ether oxygens (including phenoxy) is 1. The van der Waals surface area contributed by atoms with Gasteiger partial charge in [-0.25, -0.2) is 4.79 Å². The molecule has 0 fully saturated rings. The number of hydrogen-bond acceptors (Lipinski definition) is 4. The fourth-order valence-electron chi connectivity index (χ4n) is 2.38. The minimum absolute atomic E-state index is 0.272. The minimum atomic E-state index is -0.481. The maximum Gasteiger partial charge on any atom is 0.410 e. The molecule has 1 aromatic heterocycles. The largest absolute Gasteiger partial charge is 0.444 e. The third kappa shape index (κ3) is 2.89. The molecule has 2 heterocycles. The van der Waals surface area contributed by atoms with Crippen molar-refractivity contribution < 1.29 is 9.53 Å². The van der Waals surface area contributed by atoms with E-state index in [-0.39, 0.29) is 12.1 Å². The number of amides is 1. The molecule has 0 aromatic carbocycles. The summed E-state index contributed by atoms with van der Waals surface area (Å²) in [6, 6.07) is 0.272. The van der Waals surface area contributed by atoms with Crippen LogP contribution < -0.4 is 5.73 Å². The highest BCUT2D eigenvalue weighted by atomic mass is 16.6. The summed E-state index contributed by atoms with van der Waals surface area (Å²) < 4.78 is 7.36. The van der Waals surface area contributed by atoms with Crippen LogP contribution >= 0.6 is 0 Å². The van der Waals surface area contributed by atoms with E-state index >= 15 is 0 Å². The number of anilines is 1. The zero-order valence-corrected chi connectivity index (χ0v) is 12.9. The van der Waals surface area contributed by atoms with Gasteiger partial charge in [0.05, 0.1) is 6.54 Å². The SMILES string of the molecule is CC(C)n1nc(N)c2c1CCN(C(=O)OC(C)(C)C)C2. The van der Waals surface area contributed by atoms with Crippen LogP contribution in [0.4, 0.5) is 10.6 Å². The normalized spacial score (nSPS) is 15.4. The van der Waals surface area contributed by atoms with E-state index in [4.69, 9.17) is 10.5 Å². The number of rotatable bonds is 1. The van der Waals surface area contributed by atoms with Crippen LogP contribution in [0.3, 0.4) is 0 Å². The lowest BCUT2D eigenvalue weighted by Gasteiger charge is -2.30. The van der Waals surface area contributed by atoms with E-state index in [2.05, 4.69) is 18.9 Å². The number of hydrogen-bond donors (Lipinski definition) is 1. The molecule has 0 bridgehead atoms. The second-order valence-electron chi connectivity index (χ2n) is 6.50. The second kappa shape index (κ2) is 5.00. The highest BCUT2D eigenvalue weighted by Crippen LogP contribution is 2.27. The molecule has 0 saturated carbocycles. The smallest absolute Gasteiger partial charge is 0.410 e. The van der Waals surface area contributed by atoms with Gasteiger partial charge in [-0.3, -0.25) is 4.68 Å². The zero-order chi connectivity index (χ0) is 15.1. The van der Waals surface area contributed by atoms with Crippen molar-refractivity contribution in [1.82, 2.24) is 14.7 Å². The topological polar surface area (TPSA) is 73.4 Å². The maximum absolute atomic E-state index is 12.1. The quantitative estimate of drug-likeness (QED) is 0.857. The third-order valence-corrected chi connectivity index (χ3v) is 3.26. The summed E-state index contributed by atoms with van der Waals surface area (Å²) in [6.07, 6.45) is 0.469. The zero-order valence-electron chi connectivity index (χ0n) is 12.9. The lowest BCUT2D eigenvalue weighted by atomic mass is 10.1. The molecule has 2 rings (SSSR count). The number of nitrogen functional groups attached to an aromatic ring is 1. The van der Waals surface area contributed by atoms with Gasteiger partial charge in [-0.1, -0.05) is 0 Å². The van der Waals surface area contributed by atoms with Crippen molar-refractivity contribution in [2.45, 2.75) is 59.2 Å². The van der Waals surface area contributed by atoms with Gasteiger partial charge in [-0.15, -0.1) is 0 Å². The second-order valence-corrected chi connectivity index (χ2v) is 6.50. The van der Waals surface area contributed by atoms with Gasteiger partial charge in [0.1, 0.15) is 5.60 Å². The van der Waals surface area contributed by atoms with Gasteiger partial charge < -0.3 is 15.4 Å². The molecule has 0 spiro atoms. The molecule has 0 atom stereocenters. The summed E-state index contributed by atoms with van der Waals surface area (Å²) in [7, 11) is 0. The fourth-order valence-corrected chi connectivity index (χ4v) is 2.38. The van der Waals surface area contributed by atoms with Crippen LogP contribution in [0.1, 0.15) is 51.9 Å². The third-order valence-electron chi connectivity index (χ3n) is 3.26. The number of nitrogens with two attached hydrogens (primary N) is 1. The summed E-state index contributed by atoms with van der Waals surface area (Å²) in [5.41, 5.74) is 7.59. The maximum atomic E-state index is 12.1. The lowest BCUT2D eigenvalue weighted by molar-refractivity contribution is 0.0223. The molecule has 0 saturated heterocycles. The molecule has 2 N–H and O–H groups in total. The van der Waals surface area contributed by atoms with E-state index in [1.807, 2.05) is 25.5 Å². The number of nitrogens with zero attached hydrogens (tertiary/aromatic N) is 3. The first-order chi connectivity index (χ1) is 9.19. The minimum Gasteiger partial charge on any atom is -0.444 e. The van der Waals surface area contributed by atoms with Crippen molar-refractivity contribution in [3.63, 3.8) is 0 Å². The van der Waals surface area contributed by atoms with Gasteiger partial charge in [0.2, 0.25) is 0 Å². The number of carbonyl (C=O) groups is 1. The molecule has 1 aliphatic heterocycles. The lowest BCUT2D eigenvalue weighted by Crippen LogP contribution is -2.40. The van der Waals surface area contributed by atoms with Crippen LogP contribution in [0, 0.1) is 0 Å². The molecule has 0 radical (unpaired) electrons. The number of aromatic nitrogens is 2. The summed E-state index contributed by atoms with van der Waals surface area (Å²) in [6.45, 7) is 10.9. The first kappa shape index (κ1) is 14.7. The van der Waals surface area contributed by atoms with Crippen LogP contribution in [0.25, 0.3) is 0 Å². The molecule has 20 heavy (non-hydrogen) atoms. The van der Waals surface area contributed by atoms with Crippen molar-refractivity contribution in [3.05, 3.63) is 11.3 Å².